The number of nitrogens with zero attached hydrogens (tertiary/aromatic N) is 1. The molecule has 0 aliphatic carbocycles. The van der Waals surface area contributed by atoms with Gasteiger partial charge >= 0.3 is 0 Å². The van der Waals surface area contributed by atoms with Crippen LogP contribution in [0.4, 0.5) is 0 Å². The first-order valence-corrected chi connectivity index (χ1v) is 7.74. The Labute approximate surface area is 124 Å². The minimum Gasteiger partial charge on any atom is -0.352 e. The quantitative estimate of drug-likeness (QED) is 0.889. The second-order valence-corrected chi connectivity index (χ2v) is 7.83. The third-order valence-electron chi connectivity index (χ3n) is 4.65. The van der Waals surface area contributed by atoms with Crippen molar-refractivity contribution >= 4 is 0 Å². The maximum atomic E-state index is 3.78. The first-order chi connectivity index (χ1) is 9.10. The zero-order valence-electron chi connectivity index (χ0n) is 14.2. The fraction of sp³-hybridized carbons (Fsp3) is 0.765. The molecular formula is C17H31N3. The summed E-state index contributed by atoms with van der Waals surface area (Å²) in [5, 5.41) is 7.52. The average Bonchev–Trinajstić information content (AvgIpc) is 2.50. The highest BCUT2D eigenvalue weighted by Crippen LogP contribution is 2.28. The molecule has 2 heterocycles. The second kappa shape index (κ2) is 5.19. The van der Waals surface area contributed by atoms with Crippen molar-refractivity contribution in [2.45, 2.75) is 78.0 Å². The number of nitrogens with one attached hydrogen (secondary N) is 2. The Kier molecular flexibility index (Phi) is 4.05. The van der Waals surface area contributed by atoms with Gasteiger partial charge in [-0.2, -0.15) is 0 Å². The summed E-state index contributed by atoms with van der Waals surface area (Å²) in [7, 11) is 2.14. The van der Waals surface area contributed by atoms with E-state index >= 15 is 0 Å². The summed E-state index contributed by atoms with van der Waals surface area (Å²) >= 11 is 0. The first kappa shape index (κ1) is 15.6. The fourth-order valence-electron chi connectivity index (χ4n) is 3.83. The molecule has 3 heteroatoms. The second-order valence-electron chi connectivity index (χ2n) is 7.83. The number of aromatic nitrogens is 1. The molecule has 114 valence electrons. The topological polar surface area (TPSA) is 29.0 Å². The molecule has 0 aromatic carbocycles. The minimum atomic E-state index is 0.209. The first-order valence-electron chi connectivity index (χ1n) is 7.74. The number of piperidine rings is 1. The zero-order valence-corrected chi connectivity index (χ0v) is 14.2. The minimum absolute atomic E-state index is 0.209. The van der Waals surface area contributed by atoms with Gasteiger partial charge in [0, 0.05) is 42.1 Å². The highest BCUT2D eigenvalue weighted by atomic mass is 15.1. The smallest absolute Gasteiger partial charge is 0.0225 e. The van der Waals surface area contributed by atoms with E-state index in [9.17, 15) is 0 Å². The van der Waals surface area contributed by atoms with Crippen LogP contribution in [0.5, 0.6) is 0 Å². The summed E-state index contributed by atoms with van der Waals surface area (Å²) in [6.07, 6.45) is 2.36. The van der Waals surface area contributed by atoms with Crippen LogP contribution in [0.2, 0.25) is 0 Å². The Morgan fingerprint density at radius 2 is 1.75 bits per heavy atom. The van der Waals surface area contributed by atoms with Crippen molar-refractivity contribution in [3.8, 4) is 0 Å². The lowest BCUT2D eigenvalue weighted by Gasteiger charge is -2.46. The monoisotopic (exact) mass is 277 g/mol. The number of hydrogen-bond donors (Lipinski definition) is 2. The van der Waals surface area contributed by atoms with E-state index in [2.05, 4.69) is 69.9 Å². The molecule has 0 spiro atoms. The highest BCUT2D eigenvalue weighted by Gasteiger charge is 2.37. The van der Waals surface area contributed by atoms with Crippen molar-refractivity contribution in [3.63, 3.8) is 0 Å². The Morgan fingerprint density at radius 1 is 1.20 bits per heavy atom. The van der Waals surface area contributed by atoms with Crippen molar-refractivity contribution in [1.29, 1.82) is 0 Å². The van der Waals surface area contributed by atoms with E-state index in [0.717, 1.165) is 6.54 Å². The van der Waals surface area contributed by atoms with E-state index in [-0.39, 0.29) is 11.1 Å². The summed E-state index contributed by atoms with van der Waals surface area (Å²) in [6.45, 7) is 14.6. The van der Waals surface area contributed by atoms with Crippen molar-refractivity contribution in [3.05, 3.63) is 23.0 Å². The molecule has 0 unspecified atom stereocenters. The number of hydrogen-bond acceptors (Lipinski definition) is 2. The summed E-state index contributed by atoms with van der Waals surface area (Å²) in [5.74, 6) is 0. The average molecular weight is 277 g/mol. The largest absolute Gasteiger partial charge is 0.352 e. The van der Waals surface area contributed by atoms with Gasteiger partial charge in [0.05, 0.1) is 0 Å². The van der Waals surface area contributed by atoms with Gasteiger partial charge in [-0.3, -0.25) is 0 Å². The van der Waals surface area contributed by atoms with Crippen molar-refractivity contribution < 1.29 is 0 Å². The van der Waals surface area contributed by atoms with Crippen LogP contribution >= 0.6 is 0 Å². The molecule has 1 aliphatic rings. The van der Waals surface area contributed by atoms with Gasteiger partial charge in [-0.1, -0.05) is 0 Å². The van der Waals surface area contributed by atoms with Crippen LogP contribution in [0.3, 0.4) is 0 Å². The van der Waals surface area contributed by atoms with Crippen LogP contribution in [-0.2, 0) is 13.6 Å². The molecule has 1 saturated heterocycles. The Hall–Kier alpha value is -0.800. The van der Waals surface area contributed by atoms with Crippen LogP contribution in [0.15, 0.2) is 6.07 Å². The maximum Gasteiger partial charge on any atom is 0.0225 e. The zero-order chi connectivity index (χ0) is 15.1. The summed E-state index contributed by atoms with van der Waals surface area (Å²) in [5.41, 5.74) is 4.56. The molecular weight excluding hydrogens is 246 g/mol. The molecule has 1 fully saturated rings. The van der Waals surface area contributed by atoms with Gasteiger partial charge in [0.2, 0.25) is 0 Å². The molecule has 1 aromatic rings. The van der Waals surface area contributed by atoms with Gasteiger partial charge in [-0.15, -0.1) is 0 Å². The lowest BCUT2D eigenvalue weighted by Crippen LogP contribution is -2.61. The maximum absolute atomic E-state index is 3.78. The molecule has 0 saturated carbocycles. The molecule has 0 atom stereocenters. The molecule has 20 heavy (non-hydrogen) atoms. The molecule has 0 amide bonds. The highest BCUT2D eigenvalue weighted by molar-refractivity contribution is 5.26. The molecule has 3 nitrogen and oxygen atoms in total. The molecule has 1 aliphatic heterocycles. The van der Waals surface area contributed by atoms with Crippen LogP contribution in [0.1, 0.15) is 57.5 Å². The summed E-state index contributed by atoms with van der Waals surface area (Å²) < 4.78 is 2.27. The van der Waals surface area contributed by atoms with E-state index < -0.39 is 0 Å². The number of aryl methyl sites for hydroxylation is 1. The summed E-state index contributed by atoms with van der Waals surface area (Å²) in [6, 6.07) is 2.89. The van der Waals surface area contributed by atoms with Gasteiger partial charge in [0.25, 0.3) is 0 Å². The van der Waals surface area contributed by atoms with Gasteiger partial charge < -0.3 is 15.2 Å². The Morgan fingerprint density at radius 3 is 2.20 bits per heavy atom. The number of rotatable bonds is 3. The predicted octanol–water partition coefficient (Wildman–Crippen LogP) is 3.04. The SMILES string of the molecule is Cc1cc(CNC2CC(C)(C)NC(C)(C)C2)c(C)n1C. The van der Waals surface area contributed by atoms with Gasteiger partial charge in [0.15, 0.2) is 0 Å². The van der Waals surface area contributed by atoms with Crippen LogP contribution in [-0.4, -0.2) is 21.7 Å². The van der Waals surface area contributed by atoms with Gasteiger partial charge in [-0.25, -0.2) is 0 Å². The molecule has 2 N–H and O–H groups in total. The van der Waals surface area contributed by atoms with Crippen molar-refractivity contribution in [1.82, 2.24) is 15.2 Å². The normalized spacial score (nSPS) is 22.1. The Balaban J connectivity index is 2.01. The van der Waals surface area contributed by atoms with Crippen LogP contribution < -0.4 is 10.6 Å². The van der Waals surface area contributed by atoms with Crippen molar-refractivity contribution in [2.75, 3.05) is 0 Å². The lowest BCUT2D eigenvalue weighted by molar-refractivity contribution is 0.145. The van der Waals surface area contributed by atoms with E-state index in [1.807, 2.05) is 0 Å². The lowest BCUT2D eigenvalue weighted by atomic mass is 9.79. The molecule has 1 aromatic heterocycles. The van der Waals surface area contributed by atoms with E-state index in [1.54, 1.807) is 0 Å². The third kappa shape index (κ3) is 3.44. The molecule has 2 rings (SSSR count). The molecule has 0 bridgehead atoms. The third-order valence-corrected chi connectivity index (χ3v) is 4.65. The van der Waals surface area contributed by atoms with Crippen LogP contribution in [0.25, 0.3) is 0 Å². The predicted molar refractivity (Wildman–Crippen MR) is 86.0 cm³/mol. The van der Waals surface area contributed by atoms with Gasteiger partial charge in [0.1, 0.15) is 0 Å². The van der Waals surface area contributed by atoms with E-state index in [4.69, 9.17) is 0 Å². The van der Waals surface area contributed by atoms with Gasteiger partial charge in [-0.05, 0) is 66.0 Å². The van der Waals surface area contributed by atoms with E-state index in [0.29, 0.717) is 6.04 Å². The summed E-state index contributed by atoms with van der Waals surface area (Å²) in [4.78, 5) is 0. The fourth-order valence-corrected chi connectivity index (χ4v) is 3.83. The Bertz CT molecular complexity index is 467. The standard InChI is InChI=1S/C17H31N3/c1-12-8-14(13(2)20(12)7)11-18-15-9-16(3,4)19-17(5,6)10-15/h8,15,18-19H,9-11H2,1-7H3. The van der Waals surface area contributed by atoms with Crippen LogP contribution in [0, 0.1) is 13.8 Å². The molecule has 0 radical (unpaired) electrons. The van der Waals surface area contributed by atoms with Crippen molar-refractivity contribution in [2.24, 2.45) is 7.05 Å². The van der Waals surface area contributed by atoms with E-state index in [1.165, 1.54) is 29.8 Å².